The molecule has 0 fully saturated rings. The van der Waals surface area contributed by atoms with Crippen molar-refractivity contribution in [1.82, 2.24) is 18.7 Å². The van der Waals surface area contributed by atoms with Crippen LogP contribution in [0.5, 0.6) is 0 Å². The van der Waals surface area contributed by atoms with Crippen LogP contribution in [0.25, 0.3) is 116 Å². The Kier molecular flexibility index (Phi) is 6.38. The Morgan fingerprint density at radius 1 is 0.345 bits per heavy atom. The first-order valence-electron chi connectivity index (χ1n) is 19.7. The molecule has 0 saturated heterocycles. The van der Waals surface area contributed by atoms with Crippen molar-refractivity contribution >= 4 is 87.4 Å². The molecule has 0 atom stereocenters. The molecule has 0 saturated carbocycles. The van der Waals surface area contributed by atoms with Gasteiger partial charge in [-0.1, -0.05) is 103 Å². The molecule has 0 spiro atoms. The predicted molar refractivity (Wildman–Crippen MR) is 240 cm³/mol. The second-order valence-electron chi connectivity index (χ2n) is 15.1. The lowest BCUT2D eigenvalue weighted by Crippen LogP contribution is -1.96. The summed E-state index contributed by atoms with van der Waals surface area (Å²) in [6.45, 7) is 0. The summed E-state index contributed by atoms with van der Waals surface area (Å²) in [6, 6.07) is 67.6. The van der Waals surface area contributed by atoms with Crippen LogP contribution in [0.15, 0.2) is 199 Å². The van der Waals surface area contributed by atoms with Crippen LogP contribution in [0.4, 0.5) is 0 Å². The molecular formula is C53H32N4O. The monoisotopic (exact) mass is 740 g/mol. The Hall–Kier alpha value is -7.89. The van der Waals surface area contributed by atoms with E-state index in [0.717, 1.165) is 72.3 Å². The maximum Gasteiger partial charge on any atom is 0.135 e. The number of furan rings is 1. The number of rotatable bonds is 4. The fourth-order valence-electron chi connectivity index (χ4n) is 9.68. The molecule has 13 rings (SSSR count). The van der Waals surface area contributed by atoms with E-state index < -0.39 is 0 Å². The summed E-state index contributed by atoms with van der Waals surface area (Å²) >= 11 is 0. The largest absolute Gasteiger partial charge is 0.456 e. The summed E-state index contributed by atoms with van der Waals surface area (Å²) in [4.78, 5) is 4.68. The highest BCUT2D eigenvalue weighted by atomic mass is 16.3. The summed E-state index contributed by atoms with van der Waals surface area (Å²) in [6.07, 6.45) is 1.86. The minimum atomic E-state index is 0.893. The molecule has 0 aliphatic carbocycles. The van der Waals surface area contributed by atoms with E-state index in [9.17, 15) is 0 Å². The summed E-state index contributed by atoms with van der Waals surface area (Å²) in [5, 5.41) is 9.57. The van der Waals surface area contributed by atoms with Crippen molar-refractivity contribution < 1.29 is 4.42 Å². The van der Waals surface area contributed by atoms with Crippen LogP contribution in [-0.4, -0.2) is 18.7 Å². The Balaban J connectivity index is 1.17. The number of hydrogen-bond donors (Lipinski definition) is 0. The minimum Gasteiger partial charge on any atom is -0.456 e. The molecule has 270 valence electrons. The lowest BCUT2D eigenvalue weighted by molar-refractivity contribution is 0.669. The average molecular weight is 741 g/mol. The zero-order chi connectivity index (χ0) is 37.9. The number of nitrogens with zero attached hydrogens (tertiary/aromatic N) is 4. The summed E-state index contributed by atoms with van der Waals surface area (Å²) in [5.41, 5.74) is 14.2. The Bertz CT molecular complexity index is 3790. The van der Waals surface area contributed by atoms with Gasteiger partial charge in [-0.05, 0) is 84.9 Å². The zero-order valence-corrected chi connectivity index (χ0v) is 31.2. The third-order valence-electron chi connectivity index (χ3n) is 12.1. The standard InChI is InChI=1S/C53H32N4O/c1-2-14-34(15-3-1)57-52-38(25-27-46-50(52)40-18-4-7-21-44(40)55(46)35-16-12-13-33(31-35)43-20-10-11-30-54-43)39-26-28-47-51(53(39)57)41-19-5-8-22-45(41)56(47)36-24-29-49-42(32-36)37-17-6-9-23-48(37)58-49/h1-32H. The lowest BCUT2D eigenvalue weighted by atomic mass is 10.1. The van der Waals surface area contributed by atoms with Crippen molar-refractivity contribution in [3.8, 4) is 28.3 Å². The fourth-order valence-corrected chi connectivity index (χ4v) is 9.68. The highest BCUT2D eigenvalue weighted by molar-refractivity contribution is 6.31. The van der Waals surface area contributed by atoms with E-state index in [4.69, 9.17) is 4.42 Å². The second-order valence-corrected chi connectivity index (χ2v) is 15.1. The molecule has 58 heavy (non-hydrogen) atoms. The van der Waals surface area contributed by atoms with E-state index in [1.807, 2.05) is 30.5 Å². The first kappa shape index (κ1) is 31.3. The quantitative estimate of drug-likeness (QED) is 0.180. The van der Waals surface area contributed by atoms with Gasteiger partial charge in [0.05, 0.1) is 38.8 Å². The van der Waals surface area contributed by atoms with Gasteiger partial charge < -0.3 is 18.1 Å². The molecular weight excluding hydrogens is 709 g/mol. The van der Waals surface area contributed by atoms with E-state index in [1.165, 1.54) is 43.4 Å². The smallest absolute Gasteiger partial charge is 0.135 e. The van der Waals surface area contributed by atoms with Crippen molar-refractivity contribution in [1.29, 1.82) is 0 Å². The maximum atomic E-state index is 6.26. The third kappa shape index (κ3) is 4.27. The van der Waals surface area contributed by atoms with Crippen LogP contribution >= 0.6 is 0 Å². The van der Waals surface area contributed by atoms with Gasteiger partial charge in [-0.25, -0.2) is 0 Å². The maximum absolute atomic E-state index is 6.26. The Morgan fingerprint density at radius 3 is 1.62 bits per heavy atom. The highest BCUT2D eigenvalue weighted by Crippen LogP contribution is 2.46. The van der Waals surface area contributed by atoms with Crippen LogP contribution in [0, 0.1) is 0 Å². The number of aromatic nitrogens is 4. The molecule has 0 amide bonds. The number of benzene rings is 8. The van der Waals surface area contributed by atoms with E-state index in [0.29, 0.717) is 0 Å². The molecule has 0 aliphatic heterocycles. The molecule has 5 aromatic heterocycles. The second kappa shape index (κ2) is 11.8. The van der Waals surface area contributed by atoms with Crippen molar-refractivity contribution in [2.75, 3.05) is 0 Å². The van der Waals surface area contributed by atoms with E-state index in [-0.39, 0.29) is 0 Å². The molecule has 0 bridgehead atoms. The fraction of sp³-hybridized carbons (Fsp3) is 0. The van der Waals surface area contributed by atoms with Crippen LogP contribution in [-0.2, 0) is 0 Å². The first-order chi connectivity index (χ1) is 28.8. The van der Waals surface area contributed by atoms with Gasteiger partial charge in [0.2, 0.25) is 0 Å². The normalized spacial score (nSPS) is 12.1. The third-order valence-corrected chi connectivity index (χ3v) is 12.1. The molecule has 13 aromatic rings. The number of fused-ring (bicyclic) bond motifs is 14. The van der Waals surface area contributed by atoms with Crippen molar-refractivity contribution in [3.05, 3.63) is 194 Å². The van der Waals surface area contributed by atoms with Crippen LogP contribution in [0.1, 0.15) is 0 Å². The average Bonchev–Trinajstić information content (AvgIpc) is 4.03. The van der Waals surface area contributed by atoms with Gasteiger partial charge in [0, 0.05) is 71.9 Å². The predicted octanol–water partition coefficient (Wildman–Crippen LogP) is 13.9. The van der Waals surface area contributed by atoms with Crippen molar-refractivity contribution in [3.63, 3.8) is 0 Å². The molecule has 0 unspecified atom stereocenters. The number of para-hydroxylation sites is 4. The topological polar surface area (TPSA) is 40.8 Å². The molecule has 8 aromatic carbocycles. The van der Waals surface area contributed by atoms with Gasteiger partial charge in [-0.3, -0.25) is 4.98 Å². The zero-order valence-electron chi connectivity index (χ0n) is 31.2. The van der Waals surface area contributed by atoms with Crippen LogP contribution in [0.2, 0.25) is 0 Å². The van der Waals surface area contributed by atoms with Gasteiger partial charge in [-0.15, -0.1) is 0 Å². The van der Waals surface area contributed by atoms with Crippen molar-refractivity contribution in [2.45, 2.75) is 0 Å². The number of pyridine rings is 1. The van der Waals surface area contributed by atoms with E-state index in [2.05, 4.69) is 182 Å². The molecule has 5 nitrogen and oxygen atoms in total. The van der Waals surface area contributed by atoms with Gasteiger partial charge in [0.25, 0.3) is 0 Å². The van der Waals surface area contributed by atoms with Crippen molar-refractivity contribution in [2.24, 2.45) is 0 Å². The van der Waals surface area contributed by atoms with Gasteiger partial charge in [-0.2, -0.15) is 0 Å². The summed E-state index contributed by atoms with van der Waals surface area (Å²) < 4.78 is 13.6. The van der Waals surface area contributed by atoms with Crippen LogP contribution in [0.3, 0.4) is 0 Å². The SMILES string of the molecule is c1ccc(-n2c3c(ccc4c3c3ccccc3n4-c3cccc(-c4ccccn4)c3)c3ccc4c(c5ccccc5n4-c4ccc5oc6ccccc6c5c4)c32)cc1. The minimum absolute atomic E-state index is 0.893. The number of hydrogen-bond acceptors (Lipinski definition) is 2. The van der Waals surface area contributed by atoms with E-state index in [1.54, 1.807) is 0 Å². The lowest BCUT2D eigenvalue weighted by Gasteiger charge is -2.11. The van der Waals surface area contributed by atoms with E-state index >= 15 is 0 Å². The summed E-state index contributed by atoms with van der Waals surface area (Å²) in [7, 11) is 0. The highest BCUT2D eigenvalue weighted by Gasteiger charge is 2.25. The Morgan fingerprint density at radius 2 is 0.931 bits per heavy atom. The molecule has 5 heteroatoms. The summed E-state index contributed by atoms with van der Waals surface area (Å²) in [5.74, 6) is 0. The van der Waals surface area contributed by atoms with Gasteiger partial charge in [0.15, 0.2) is 0 Å². The molecule has 0 radical (unpaired) electrons. The molecule has 0 aliphatic rings. The molecule has 0 N–H and O–H groups in total. The first-order valence-corrected chi connectivity index (χ1v) is 19.7. The Labute approximate surface area is 331 Å². The molecule has 5 heterocycles. The van der Waals surface area contributed by atoms with Crippen LogP contribution < -0.4 is 0 Å². The van der Waals surface area contributed by atoms with Gasteiger partial charge in [0.1, 0.15) is 11.2 Å². The van der Waals surface area contributed by atoms with Gasteiger partial charge >= 0.3 is 0 Å².